The van der Waals surface area contributed by atoms with Gasteiger partial charge in [-0.05, 0) is 6.51 Å². The maximum atomic E-state index is 4.81. The highest BCUT2D eigenvalue weighted by Gasteiger charge is 1.69. The molecule has 0 bridgehead atoms. The SMILES string of the molecule is [B][B]CO[B]. The average Bonchev–Trinajstić information content (AvgIpc) is 1.41. The first-order valence-corrected chi connectivity index (χ1v) is 1.27. The predicted molar refractivity (Wildman–Crippen MR) is 23.2 cm³/mol. The second-order valence-corrected chi connectivity index (χ2v) is 0.569. The molecule has 0 aromatic carbocycles. The average molecular weight is 62.5 g/mol. The molecule has 0 atom stereocenters. The maximum absolute atomic E-state index is 4.81. The monoisotopic (exact) mass is 63.0 g/mol. The van der Waals surface area contributed by atoms with Gasteiger partial charge in [-0.1, -0.05) is 0 Å². The van der Waals surface area contributed by atoms with Crippen LogP contribution in [0.2, 0.25) is 0 Å². The molecule has 0 N–H and O–H groups in total. The Hall–Kier alpha value is 0.155. The molecule has 0 heterocycles. The van der Waals surface area contributed by atoms with Gasteiger partial charge in [0.2, 0.25) is 0 Å². The van der Waals surface area contributed by atoms with Crippen LogP contribution >= 0.6 is 0 Å². The van der Waals surface area contributed by atoms with Gasteiger partial charge in [-0.15, -0.1) is 0 Å². The highest BCUT2D eigenvalue weighted by Crippen LogP contribution is 1.50. The van der Waals surface area contributed by atoms with Crippen LogP contribution in [0.5, 0.6) is 0 Å². The molecule has 5 heavy (non-hydrogen) atoms. The Kier molecular flexibility index (Phi) is 4.28. The van der Waals surface area contributed by atoms with Crippen LogP contribution in [0.15, 0.2) is 0 Å². The smallest absolute Gasteiger partial charge is 0.281 e. The third-order valence-electron chi connectivity index (χ3n) is 0.192. The summed E-state index contributed by atoms with van der Waals surface area (Å²) >= 11 is 0. The van der Waals surface area contributed by atoms with Crippen molar-refractivity contribution < 1.29 is 4.65 Å². The Morgan fingerprint density at radius 1 is 1.80 bits per heavy atom. The van der Waals surface area contributed by atoms with E-state index in [0.717, 1.165) is 0 Å². The molecule has 0 aliphatic carbocycles. The maximum Gasteiger partial charge on any atom is 0.281 e. The Balaban J connectivity index is 2.19. The van der Waals surface area contributed by atoms with Gasteiger partial charge in [0.15, 0.2) is 0 Å². The molecule has 0 fully saturated rings. The molecule has 0 aromatic rings. The molecule has 0 saturated heterocycles. The second-order valence-electron chi connectivity index (χ2n) is 0.569. The summed E-state index contributed by atoms with van der Waals surface area (Å²) in [5, 5.41) is 0. The zero-order chi connectivity index (χ0) is 4.12. The predicted octanol–water partition coefficient (Wildman–Crippen LogP) is -1.17. The van der Waals surface area contributed by atoms with Crippen molar-refractivity contribution in [3.05, 3.63) is 0 Å². The zero-order valence-corrected chi connectivity index (χ0v) is 2.85. The first-order chi connectivity index (χ1) is 2.41. The summed E-state index contributed by atoms with van der Waals surface area (Å²) in [5.41, 5.74) is 0. The van der Waals surface area contributed by atoms with E-state index in [9.17, 15) is 0 Å². The first kappa shape index (κ1) is 5.15. The molecule has 4 heteroatoms. The van der Waals surface area contributed by atoms with Gasteiger partial charge in [-0.2, -0.15) is 0 Å². The second kappa shape index (κ2) is 4.15. The fourth-order valence-corrected chi connectivity index (χ4v) is 0.0556. The van der Waals surface area contributed by atoms with E-state index in [0.29, 0.717) is 6.51 Å². The highest BCUT2D eigenvalue weighted by molar-refractivity contribution is 6.89. The lowest BCUT2D eigenvalue weighted by Gasteiger charge is -1.84. The van der Waals surface area contributed by atoms with E-state index >= 15 is 0 Å². The fraction of sp³-hybridized carbons (Fsp3) is 1.00. The van der Waals surface area contributed by atoms with Gasteiger partial charge >= 0.3 is 0 Å². The molecular formula is CH2B3O. The van der Waals surface area contributed by atoms with E-state index in [1.807, 2.05) is 0 Å². The minimum absolute atomic E-state index is 0.319. The van der Waals surface area contributed by atoms with Gasteiger partial charge in [0.25, 0.3) is 8.05 Å². The number of hydrogen-bond donors (Lipinski definition) is 0. The van der Waals surface area contributed by atoms with Crippen molar-refractivity contribution in [2.75, 3.05) is 6.51 Å². The molecule has 0 unspecified atom stereocenters. The van der Waals surface area contributed by atoms with E-state index in [1.54, 1.807) is 0 Å². The molecule has 0 saturated carbocycles. The minimum atomic E-state index is 0.319. The molecule has 5 radical (unpaired) electrons. The summed E-state index contributed by atoms with van der Waals surface area (Å²) in [6, 6.07) is 0. The van der Waals surface area contributed by atoms with Crippen LogP contribution in [0, 0.1) is 0 Å². The van der Waals surface area contributed by atoms with Gasteiger partial charge in [-0.3, -0.25) is 0 Å². The summed E-state index contributed by atoms with van der Waals surface area (Å²) in [6.07, 6.45) is 0. The van der Waals surface area contributed by atoms with Crippen molar-refractivity contribution in [3.63, 3.8) is 0 Å². The Labute approximate surface area is 35.2 Å². The van der Waals surface area contributed by atoms with Crippen molar-refractivity contribution in [2.24, 2.45) is 0 Å². The topological polar surface area (TPSA) is 9.23 Å². The third kappa shape index (κ3) is 4.15. The molecule has 0 spiro atoms. The van der Waals surface area contributed by atoms with Crippen LogP contribution in [-0.2, 0) is 4.65 Å². The lowest BCUT2D eigenvalue weighted by molar-refractivity contribution is 0.428. The van der Waals surface area contributed by atoms with Crippen LogP contribution in [0.4, 0.5) is 0 Å². The summed E-state index contributed by atoms with van der Waals surface area (Å²) in [5.74, 6) is 0. The molecular weight excluding hydrogens is 60.4 g/mol. The molecule has 0 aliphatic heterocycles. The molecule has 0 aliphatic rings. The Bertz CT molecular complexity index is 14.4. The van der Waals surface area contributed by atoms with Crippen LogP contribution < -0.4 is 0 Å². The van der Waals surface area contributed by atoms with Crippen LogP contribution in [0.25, 0.3) is 0 Å². The van der Waals surface area contributed by atoms with E-state index in [2.05, 4.69) is 12.7 Å². The molecule has 0 aromatic heterocycles. The minimum Gasteiger partial charge on any atom is -0.456 e. The Morgan fingerprint density at radius 2 is 2.40 bits per heavy atom. The van der Waals surface area contributed by atoms with Crippen LogP contribution in [0.1, 0.15) is 0 Å². The normalized spacial score (nSPS) is 7.20. The zero-order valence-electron chi connectivity index (χ0n) is 2.85. The van der Waals surface area contributed by atoms with E-state index in [-0.39, 0.29) is 0 Å². The summed E-state index contributed by atoms with van der Waals surface area (Å²) in [7, 11) is 10.7. The number of rotatable bonds is 2. The molecule has 0 rings (SSSR count). The number of hydrogen-bond acceptors (Lipinski definition) is 1. The van der Waals surface area contributed by atoms with E-state index in [4.69, 9.17) is 7.74 Å². The van der Waals surface area contributed by atoms with Crippen molar-refractivity contribution in [1.29, 1.82) is 0 Å². The van der Waals surface area contributed by atoms with Gasteiger partial charge in [-0.25, -0.2) is 0 Å². The van der Waals surface area contributed by atoms with Crippen molar-refractivity contribution in [3.8, 4) is 0 Å². The van der Waals surface area contributed by atoms with E-state index in [1.165, 1.54) is 7.17 Å². The largest absolute Gasteiger partial charge is 0.456 e. The Morgan fingerprint density at radius 3 is 2.40 bits per heavy atom. The standard InChI is InChI=1S/CH2B3O/c2-4-1-5-3/h1H2. The third-order valence-corrected chi connectivity index (χ3v) is 0.192. The molecule has 1 nitrogen and oxygen atoms in total. The fourth-order valence-electron chi connectivity index (χ4n) is 0.0556. The summed E-state index contributed by atoms with van der Waals surface area (Å²) in [6.45, 7) is 0.319. The van der Waals surface area contributed by atoms with E-state index < -0.39 is 0 Å². The van der Waals surface area contributed by atoms with Crippen LogP contribution in [-0.4, -0.2) is 29.5 Å². The van der Waals surface area contributed by atoms with Crippen molar-refractivity contribution >= 4 is 23.0 Å². The van der Waals surface area contributed by atoms with Gasteiger partial charge in [0, 0.05) is 7.74 Å². The summed E-state index contributed by atoms with van der Waals surface area (Å²) in [4.78, 5) is 0. The van der Waals surface area contributed by atoms with Gasteiger partial charge in [0.1, 0.15) is 0 Å². The van der Waals surface area contributed by atoms with Crippen molar-refractivity contribution in [2.45, 2.75) is 0 Å². The van der Waals surface area contributed by atoms with Crippen molar-refractivity contribution in [1.82, 2.24) is 0 Å². The lowest BCUT2D eigenvalue weighted by atomic mass is 9.57. The molecule has 0 amide bonds. The van der Waals surface area contributed by atoms with Gasteiger partial charge < -0.3 is 4.65 Å². The first-order valence-electron chi connectivity index (χ1n) is 1.27. The highest BCUT2D eigenvalue weighted by atomic mass is 16.4. The van der Waals surface area contributed by atoms with Crippen LogP contribution in [0.3, 0.4) is 0 Å². The van der Waals surface area contributed by atoms with Gasteiger partial charge in [0.05, 0.1) is 7.17 Å². The summed E-state index contributed by atoms with van der Waals surface area (Å²) < 4.78 is 4.01. The molecule has 21 valence electrons. The quantitative estimate of drug-likeness (QED) is 0.366. The lowest BCUT2D eigenvalue weighted by Crippen LogP contribution is -1.99.